The van der Waals surface area contributed by atoms with Gasteiger partial charge in [0.15, 0.2) is 0 Å². The number of benzene rings is 1. The predicted octanol–water partition coefficient (Wildman–Crippen LogP) is 3.77. The van der Waals surface area contributed by atoms with Crippen LogP contribution >= 0.6 is 0 Å². The molecule has 1 aromatic rings. The number of hydrogen-bond acceptors (Lipinski definition) is 4. The van der Waals surface area contributed by atoms with Gasteiger partial charge in [-0.15, -0.1) is 0 Å². The molecule has 0 radical (unpaired) electrons. The van der Waals surface area contributed by atoms with Gasteiger partial charge in [0.25, 0.3) is 0 Å². The SMILES string of the molecule is O=CCCCCCC[C@H]1[C@@H](COC(=O)c2ccccc2)CC[C@H]1O. The van der Waals surface area contributed by atoms with Crippen molar-refractivity contribution in [2.24, 2.45) is 11.8 Å². The van der Waals surface area contributed by atoms with Gasteiger partial charge in [0.05, 0.1) is 18.3 Å². The van der Waals surface area contributed by atoms with Crippen LogP contribution < -0.4 is 0 Å². The molecular weight excluding hydrogens is 304 g/mol. The van der Waals surface area contributed by atoms with Crippen molar-refractivity contribution in [1.29, 1.82) is 0 Å². The number of aliphatic hydroxyl groups is 1. The van der Waals surface area contributed by atoms with Crippen LogP contribution in [0.15, 0.2) is 30.3 Å². The number of esters is 1. The van der Waals surface area contributed by atoms with Crippen LogP contribution in [0, 0.1) is 11.8 Å². The standard InChI is InChI=1S/C20H28O4/c21-14-8-3-1-2-7-11-18-17(12-13-19(18)22)15-24-20(23)16-9-5-4-6-10-16/h4-6,9-10,14,17-19,22H,1-3,7-8,11-13,15H2/t17-,18+,19-/m1/s1. The van der Waals surface area contributed by atoms with E-state index in [1.807, 2.05) is 18.2 Å². The quantitative estimate of drug-likeness (QED) is 0.402. The van der Waals surface area contributed by atoms with Crippen LogP contribution in [0.25, 0.3) is 0 Å². The fourth-order valence-corrected chi connectivity index (χ4v) is 3.56. The van der Waals surface area contributed by atoms with E-state index >= 15 is 0 Å². The molecule has 24 heavy (non-hydrogen) atoms. The molecule has 4 nitrogen and oxygen atoms in total. The second kappa shape index (κ2) is 10.2. The maximum Gasteiger partial charge on any atom is 0.338 e. The zero-order chi connectivity index (χ0) is 17.2. The fourth-order valence-electron chi connectivity index (χ4n) is 3.56. The van der Waals surface area contributed by atoms with Gasteiger partial charge in [-0.25, -0.2) is 4.79 Å². The van der Waals surface area contributed by atoms with Gasteiger partial charge < -0.3 is 14.6 Å². The minimum absolute atomic E-state index is 0.222. The van der Waals surface area contributed by atoms with Crippen LogP contribution in [0.3, 0.4) is 0 Å². The van der Waals surface area contributed by atoms with Crippen LogP contribution in [-0.2, 0) is 9.53 Å². The van der Waals surface area contributed by atoms with Gasteiger partial charge >= 0.3 is 5.97 Å². The third-order valence-corrected chi connectivity index (χ3v) is 4.98. The molecule has 0 amide bonds. The normalized spacial score (nSPS) is 23.1. The van der Waals surface area contributed by atoms with Crippen LogP contribution in [0.5, 0.6) is 0 Å². The lowest BCUT2D eigenvalue weighted by Gasteiger charge is -2.22. The predicted molar refractivity (Wildman–Crippen MR) is 92.7 cm³/mol. The Morgan fingerprint density at radius 1 is 1.12 bits per heavy atom. The highest BCUT2D eigenvalue weighted by atomic mass is 16.5. The van der Waals surface area contributed by atoms with Crippen molar-refractivity contribution in [3.05, 3.63) is 35.9 Å². The molecule has 1 N–H and O–H groups in total. The molecule has 1 saturated carbocycles. The molecule has 0 aromatic heterocycles. The Balaban J connectivity index is 1.72. The molecular formula is C20H28O4. The van der Waals surface area contributed by atoms with Crippen molar-refractivity contribution < 1.29 is 19.4 Å². The zero-order valence-corrected chi connectivity index (χ0v) is 14.2. The Morgan fingerprint density at radius 2 is 1.88 bits per heavy atom. The maximum absolute atomic E-state index is 12.0. The first-order valence-corrected chi connectivity index (χ1v) is 9.06. The molecule has 0 saturated heterocycles. The number of hydrogen-bond donors (Lipinski definition) is 1. The van der Waals surface area contributed by atoms with Crippen molar-refractivity contribution in [3.63, 3.8) is 0 Å². The van der Waals surface area contributed by atoms with Gasteiger partial charge in [0.2, 0.25) is 0 Å². The summed E-state index contributed by atoms with van der Waals surface area (Å²) in [6.07, 6.45) is 8.18. The summed E-state index contributed by atoms with van der Waals surface area (Å²) in [5.41, 5.74) is 0.572. The zero-order valence-electron chi connectivity index (χ0n) is 14.2. The monoisotopic (exact) mass is 332 g/mol. The highest BCUT2D eigenvalue weighted by Crippen LogP contribution is 2.36. The number of aldehydes is 1. The van der Waals surface area contributed by atoms with Gasteiger partial charge in [-0.3, -0.25) is 0 Å². The average Bonchev–Trinajstić information content (AvgIpc) is 2.96. The molecule has 2 rings (SSSR count). The Bertz CT molecular complexity index is 500. The van der Waals surface area contributed by atoms with E-state index in [2.05, 4.69) is 0 Å². The average molecular weight is 332 g/mol. The Morgan fingerprint density at radius 3 is 2.62 bits per heavy atom. The van der Waals surface area contributed by atoms with E-state index in [1.54, 1.807) is 12.1 Å². The molecule has 1 fully saturated rings. The summed E-state index contributed by atoms with van der Waals surface area (Å²) in [4.78, 5) is 22.3. The first kappa shape index (κ1) is 18.7. The van der Waals surface area contributed by atoms with Crippen LogP contribution in [-0.4, -0.2) is 30.1 Å². The first-order valence-electron chi connectivity index (χ1n) is 9.06. The van der Waals surface area contributed by atoms with Crippen molar-refractivity contribution in [3.8, 4) is 0 Å². The molecule has 1 aromatic carbocycles. The van der Waals surface area contributed by atoms with E-state index in [0.29, 0.717) is 18.6 Å². The topological polar surface area (TPSA) is 63.6 Å². The van der Waals surface area contributed by atoms with Gasteiger partial charge in [0.1, 0.15) is 6.29 Å². The van der Waals surface area contributed by atoms with E-state index in [9.17, 15) is 14.7 Å². The van der Waals surface area contributed by atoms with Gasteiger partial charge in [-0.05, 0) is 49.7 Å². The van der Waals surface area contributed by atoms with Crippen LogP contribution in [0.2, 0.25) is 0 Å². The highest BCUT2D eigenvalue weighted by molar-refractivity contribution is 5.89. The van der Waals surface area contributed by atoms with E-state index in [-0.39, 0.29) is 23.9 Å². The van der Waals surface area contributed by atoms with Crippen molar-refractivity contribution in [1.82, 2.24) is 0 Å². The largest absolute Gasteiger partial charge is 0.462 e. The number of rotatable bonds is 10. The van der Waals surface area contributed by atoms with Crippen molar-refractivity contribution in [2.45, 2.75) is 57.5 Å². The van der Waals surface area contributed by atoms with Gasteiger partial charge in [-0.2, -0.15) is 0 Å². The number of unbranched alkanes of at least 4 members (excludes halogenated alkanes) is 4. The molecule has 0 bridgehead atoms. The summed E-state index contributed by atoms with van der Waals surface area (Å²) in [7, 11) is 0. The summed E-state index contributed by atoms with van der Waals surface area (Å²) in [6.45, 7) is 0.389. The summed E-state index contributed by atoms with van der Waals surface area (Å²) in [5.74, 6) is 0.187. The molecule has 1 aliphatic carbocycles. The minimum atomic E-state index is -0.287. The molecule has 132 valence electrons. The number of ether oxygens (including phenoxy) is 1. The number of carbonyl (C=O) groups is 2. The van der Waals surface area contributed by atoms with E-state index < -0.39 is 0 Å². The molecule has 0 unspecified atom stereocenters. The Kier molecular flexibility index (Phi) is 7.96. The lowest BCUT2D eigenvalue weighted by atomic mass is 9.89. The van der Waals surface area contributed by atoms with E-state index in [1.165, 1.54) is 0 Å². The minimum Gasteiger partial charge on any atom is -0.462 e. The second-order valence-electron chi connectivity index (χ2n) is 6.69. The maximum atomic E-state index is 12.0. The fraction of sp³-hybridized carbons (Fsp3) is 0.600. The Labute approximate surface area is 144 Å². The summed E-state index contributed by atoms with van der Waals surface area (Å²) >= 11 is 0. The number of aliphatic hydroxyl groups excluding tert-OH is 1. The first-order chi connectivity index (χ1) is 11.7. The van der Waals surface area contributed by atoms with Crippen molar-refractivity contribution >= 4 is 12.3 Å². The van der Waals surface area contributed by atoms with Gasteiger partial charge in [-0.1, -0.05) is 37.5 Å². The summed E-state index contributed by atoms with van der Waals surface area (Å²) in [6, 6.07) is 9.02. The summed E-state index contributed by atoms with van der Waals surface area (Å²) < 4.78 is 5.46. The third kappa shape index (κ3) is 5.75. The lowest BCUT2D eigenvalue weighted by Crippen LogP contribution is -2.23. The molecule has 1 aliphatic rings. The van der Waals surface area contributed by atoms with Gasteiger partial charge in [0, 0.05) is 6.42 Å². The van der Waals surface area contributed by atoms with E-state index in [4.69, 9.17) is 4.74 Å². The molecule has 0 spiro atoms. The van der Waals surface area contributed by atoms with Crippen molar-refractivity contribution in [2.75, 3.05) is 6.61 Å². The summed E-state index contributed by atoms with van der Waals surface area (Å²) in [5, 5.41) is 10.2. The Hall–Kier alpha value is -1.68. The van der Waals surface area contributed by atoms with Crippen LogP contribution in [0.4, 0.5) is 0 Å². The smallest absolute Gasteiger partial charge is 0.338 e. The molecule has 4 heteroatoms. The lowest BCUT2D eigenvalue weighted by molar-refractivity contribution is -0.107. The molecule has 3 atom stereocenters. The highest BCUT2D eigenvalue weighted by Gasteiger charge is 2.35. The number of carbonyl (C=O) groups excluding carboxylic acids is 2. The van der Waals surface area contributed by atoms with E-state index in [0.717, 1.165) is 51.2 Å². The molecule has 0 aliphatic heterocycles. The van der Waals surface area contributed by atoms with Crippen LogP contribution in [0.1, 0.15) is 61.7 Å². The third-order valence-electron chi connectivity index (χ3n) is 4.98. The molecule has 0 heterocycles. The second-order valence-corrected chi connectivity index (χ2v) is 6.69.